The summed E-state index contributed by atoms with van der Waals surface area (Å²) < 4.78 is 10.8. The van der Waals surface area contributed by atoms with Gasteiger partial charge in [-0.15, -0.1) is 0 Å². The van der Waals surface area contributed by atoms with E-state index >= 15 is 0 Å². The van der Waals surface area contributed by atoms with E-state index in [0.717, 1.165) is 5.56 Å². The van der Waals surface area contributed by atoms with Gasteiger partial charge in [0.15, 0.2) is 17.3 Å². The van der Waals surface area contributed by atoms with Crippen molar-refractivity contribution in [3.63, 3.8) is 0 Å². The van der Waals surface area contributed by atoms with Crippen LogP contribution in [0.4, 0.5) is 0 Å². The molecule has 0 radical (unpaired) electrons. The average molecular weight is 265 g/mol. The van der Waals surface area contributed by atoms with Crippen molar-refractivity contribution in [3.05, 3.63) is 23.3 Å². The number of benzene rings is 1. The summed E-state index contributed by atoms with van der Waals surface area (Å²) in [6.45, 7) is 2.51. The fourth-order valence-electron chi connectivity index (χ4n) is 1.87. The molecule has 0 saturated carbocycles. The number of carboxylic acid groups (broad SMARTS) is 1. The first kappa shape index (κ1) is 13.4. The van der Waals surface area contributed by atoms with E-state index in [-0.39, 0.29) is 18.9 Å². The lowest BCUT2D eigenvalue weighted by atomic mass is 10.0. The molecule has 1 heterocycles. The molecule has 19 heavy (non-hydrogen) atoms. The molecule has 2 rings (SSSR count). The van der Waals surface area contributed by atoms with Crippen LogP contribution in [-0.4, -0.2) is 43.2 Å². The number of nitrogens with one attached hydrogen (secondary N) is 1. The van der Waals surface area contributed by atoms with Gasteiger partial charge in [0.1, 0.15) is 13.2 Å². The number of fused-ring (bicyclic) bond motifs is 1. The molecule has 0 saturated heterocycles. The van der Waals surface area contributed by atoms with Crippen molar-refractivity contribution >= 4 is 11.8 Å². The SMILES string of the molecule is Cc1cc2c(cc1C(=O)CNCC(=O)O)OCCO2. The third-order valence-electron chi connectivity index (χ3n) is 2.75. The van der Waals surface area contributed by atoms with Crippen molar-refractivity contribution in [3.8, 4) is 11.5 Å². The molecule has 0 amide bonds. The maximum atomic E-state index is 12.0. The summed E-state index contributed by atoms with van der Waals surface area (Å²) in [5, 5.41) is 11.1. The standard InChI is InChI=1S/C13H15NO5/c1-8-4-11-12(19-3-2-18-11)5-9(8)10(15)6-14-7-13(16)17/h4-5,14H,2-3,6-7H2,1H3,(H,16,17). The number of ketones is 1. The highest BCUT2D eigenvalue weighted by Crippen LogP contribution is 2.33. The Morgan fingerprint density at radius 1 is 1.21 bits per heavy atom. The molecule has 6 heteroatoms. The molecule has 0 bridgehead atoms. The molecule has 1 aliphatic heterocycles. The van der Waals surface area contributed by atoms with Gasteiger partial charge in [-0.25, -0.2) is 0 Å². The zero-order valence-electron chi connectivity index (χ0n) is 10.6. The summed E-state index contributed by atoms with van der Waals surface area (Å²) in [6, 6.07) is 3.41. The molecule has 1 aromatic carbocycles. The molecular formula is C13H15NO5. The van der Waals surface area contributed by atoms with Gasteiger partial charge in [-0.3, -0.25) is 14.9 Å². The average Bonchev–Trinajstić information content (AvgIpc) is 2.37. The first-order chi connectivity index (χ1) is 9.08. The lowest BCUT2D eigenvalue weighted by Crippen LogP contribution is -2.29. The van der Waals surface area contributed by atoms with E-state index in [1.165, 1.54) is 0 Å². The van der Waals surface area contributed by atoms with Crippen molar-refractivity contribution in [1.29, 1.82) is 0 Å². The van der Waals surface area contributed by atoms with Gasteiger partial charge in [0.25, 0.3) is 0 Å². The number of aryl methyl sites for hydroxylation is 1. The minimum Gasteiger partial charge on any atom is -0.486 e. The minimum absolute atomic E-state index is 0.0210. The first-order valence-electron chi connectivity index (χ1n) is 5.94. The molecule has 0 aliphatic carbocycles. The molecule has 0 unspecified atom stereocenters. The van der Waals surface area contributed by atoms with Crippen molar-refractivity contribution in [1.82, 2.24) is 5.32 Å². The Kier molecular flexibility index (Phi) is 4.01. The monoisotopic (exact) mass is 265 g/mol. The molecule has 0 aromatic heterocycles. The maximum Gasteiger partial charge on any atom is 0.317 e. The highest BCUT2D eigenvalue weighted by molar-refractivity contribution is 5.99. The Labute approximate surface area is 110 Å². The lowest BCUT2D eigenvalue weighted by molar-refractivity contribution is -0.135. The van der Waals surface area contributed by atoms with Gasteiger partial charge in [-0.2, -0.15) is 0 Å². The van der Waals surface area contributed by atoms with Gasteiger partial charge in [0.05, 0.1) is 13.1 Å². The summed E-state index contributed by atoms with van der Waals surface area (Å²) in [4.78, 5) is 22.3. The van der Waals surface area contributed by atoms with Crippen LogP contribution in [0.1, 0.15) is 15.9 Å². The molecule has 1 aliphatic rings. The van der Waals surface area contributed by atoms with Crippen LogP contribution in [0.3, 0.4) is 0 Å². The predicted molar refractivity (Wildman–Crippen MR) is 67.0 cm³/mol. The molecule has 1 aromatic rings. The molecule has 0 fully saturated rings. The fourth-order valence-corrected chi connectivity index (χ4v) is 1.87. The minimum atomic E-state index is -0.994. The van der Waals surface area contributed by atoms with Crippen LogP contribution in [0, 0.1) is 6.92 Å². The summed E-state index contributed by atoms with van der Waals surface area (Å²) in [6.07, 6.45) is 0. The number of aliphatic carboxylic acids is 1. The van der Waals surface area contributed by atoms with Crippen LogP contribution in [-0.2, 0) is 4.79 Å². The zero-order valence-corrected chi connectivity index (χ0v) is 10.6. The normalized spacial score (nSPS) is 13.1. The molecule has 6 nitrogen and oxygen atoms in total. The molecule has 0 atom stereocenters. The van der Waals surface area contributed by atoms with Gasteiger partial charge in [0.2, 0.25) is 0 Å². The maximum absolute atomic E-state index is 12.0. The van der Waals surface area contributed by atoms with Crippen LogP contribution in [0.15, 0.2) is 12.1 Å². The number of ether oxygens (including phenoxy) is 2. The Bertz CT molecular complexity index is 512. The number of hydrogen-bond donors (Lipinski definition) is 2. The lowest BCUT2D eigenvalue weighted by Gasteiger charge is -2.20. The van der Waals surface area contributed by atoms with Gasteiger partial charge >= 0.3 is 5.97 Å². The second-order valence-electron chi connectivity index (χ2n) is 4.23. The summed E-state index contributed by atoms with van der Waals surface area (Å²) in [5.41, 5.74) is 1.30. The highest BCUT2D eigenvalue weighted by Gasteiger charge is 2.17. The molecule has 102 valence electrons. The summed E-state index contributed by atoms with van der Waals surface area (Å²) in [7, 11) is 0. The Hall–Kier alpha value is -2.08. The fraction of sp³-hybridized carbons (Fsp3) is 0.385. The molecular weight excluding hydrogens is 250 g/mol. The Morgan fingerprint density at radius 3 is 2.47 bits per heavy atom. The quantitative estimate of drug-likeness (QED) is 0.759. The van der Waals surface area contributed by atoms with Crippen molar-refractivity contribution < 1.29 is 24.2 Å². The number of rotatable bonds is 5. The smallest absolute Gasteiger partial charge is 0.317 e. The number of carbonyl (C=O) groups excluding carboxylic acids is 1. The van der Waals surface area contributed by atoms with E-state index in [1.807, 2.05) is 6.92 Å². The predicted octanol–water partition coefficient (Wildman–Crippen LogP) is 0.623. The van der Waals surface area contributed by atoms with Crippen molar-refractivity contribution in [2.24, 2.45) is 0 Å². The van der Waals surface area contributed by atoms with Crippen LogP contribution in [0.25, 0.3) is 0 Å². The molecule has 0 spiro atoms. The number of hydrogen-bond acceptors (Lipinski definition) is 5. The van der Waals surface area contributed by atoms with Gasteiger partial charge in [-0.1, -0.05) is 0 Å². The highest BCUT2D eigenvalue weighted by atomic mass is 16.6. The Morgan fingerprint density at radius 2 is 1.84 bits per heavy atom. The number of Topliss-reactive ketones (excluding diaryl/α,β-unsaturated/α-hetero) is 1. The second-order valence-corrected chi connectivity index (χ2v) is 4.23. The third kappa shape index (κ3) is 3.23. The number of carbonyl (C=O) groups is 2. The van der Waals surface area contributed by atoms with Crippen LogP contribution in [0.2, 0.25) is 0 Å². The first-order valence-corrected chi connectivity index (χ1v) is 5.94. The number of carboxylic acids is 1. The zero-order chi connectivity index (χ0) is 13.8. The van der Waals surface area contributed by atoms with E-state index < -0.39 is 5.97 Å². The van der Waals surface area contributed by atoms with E-state index in [4.69, 9.17) is 14.6 Å². The van der Waals surface area contributed by atoms with Gasteiger partial charge < -0.3 is 14.6 Å². The van der Waals surface area contributed by atoms with Gasteiger partial charge in [-0.05, 0) is 24.6 Å². The Balaban J connectivity index is 2.11. The van der Waals surface area contributed by atoms with Gasteiger partial charge in [0, 0.05) is 5.56 Å². The van der Waals surface area contributed by atoms with E-state index in [9.17, 15) is 9.59 Å². The second kappa shape index (κ2) is 5.71. The van der Waals surface area contributed by atoms with Crippen LogP contribution < -0.4 is 14.8 Å². The van der Waals surface area contributed by atoms with E-state index in [0.29, 0.717) is 30.3 Å². The summed E-state index contributed by atoms with van der Waals surface area (Å²) in [5.74, 6) is 0.0275. The largest absolute Gasteiger partial charge is 0.486 e. The third-order valence-corrected chi connectivity index (χ3v) is 2.75. The van der Waals surface area contributed by atoms with Crippen molar-refractivity contribution in [2.75, 3.05) is 26.3 Å². The molecule has 2 N–H and O–H groups in total. The van der Waals surface area contributed by atoms with Crippen LogP contribution in [0.5, 0.6) is 11.5 Å². The topological polar surface area (TPSA) is 84.9 Å². The van der Waals surface area contributed by atoms with E-state index in [1.54, 1.807) is 12.1 Å². The van der Waals surface area contributed by atoms with Crippen LogP contribution >= 0.6 is 0 Å². The van der Waals surface area contributed by atoms with E-state index in [2.05, 4.69) is 5.32 Å². The van der Waals surface area contributed by atoms with Crippen molar-refractivity contribution in [2.45, 2.75) is 6.92 Å². The summed E-state index contributed by atoms with van der Waals surface area (Å²) >= 11 is 0.